The summed E-state index contributed by atoms with van der Waals surface area (Å²) in [6.07, 6.45) is 10.9. The van der Waals surface area contributed by atoms with Crippen molar-refractivity contribution in [2.24, 2.45) is 10.9 Å². The maximum Gasteiger partial charge on any atom is 0.225 e. The van der Waals surface area contributed by atoms with Gasteiger partial charge in [-0.05, 0) is 66.0 Å². The predicted octanol–water partition coefficient (Wildman–Crippen LogP) is 3.61. The molecule has 0 aromatic carbocycles. The molecular weight excluding hydrogens is 489 g/mol. The van der Waals surface area contributed by atoms with E-state index in [0.717, 1.165) is 51.4 Å². The van der Waals surface area contributed by atoms with E-state index in [4.69, 9.17) is 4.99 Å². The lowest BCUT2D eigenvalue weighted by atomic mass is 9.88. The van der Waals surface area contributed by atoms with E-state index >= 15 is 0 Å². The lowest BCUT2D eigenvalue weighted by molar-refractivity contribution is -0.135. The van der Waals surface area contributed by atoms with Crippen LogP contribution in [0.25, 0.3) is 0 Å². The smallest absolute Gasteiger partial charge is 0.225 e. The summed E-state index contributed by atoms with van der Waals surface area (Å²) in [4.78, 5) is 22.4. The van der Waals surface area contributed by atoms with Crippen LogP contribution in [0.4, 0.5) is 0 Å². The second kappa shape index (κ2) is 12.5. The summed E-state index contributed by atoms with van der Waals surface area (Å²) in [5, 5.41) is 7.02. The number of amides is 1. The molecule has 3 rings (SSSR count). The highest BCUT2D eigenvalue weighted by atomic mass is 127. The van der Waals surface area contributed by atoms with Crippen LogP contribution < -0.4 is 10.6 Å². The third-order valence-corrected chi connectivity index (χ3v) is 6.98. The highest BCUT2D eigenvalue weighted by Crippen LogP contribution is 2.27. The first-order valence-electron chi connectivity index (χ1n) is 12.1. The van der Waals surface area contributed by atoms with Crippen molar-refractivity contribution in [2.45, 2.75) is 90.1 Å². The van der Waals surface area contributed by atoms with E-state index in [1.54, 1.807) is 0 Å². The van der Waals surface area contributed by atoms with Gasteiger partial charge in [0.1, 0.15) is 0 Å². The Labute approximate surface area is 201 Å². The summed E-state index contributed by atoms with van der Waals surface area (Å²) < 4.78 is 0. The van der Waals surface area contributed by atoms with Gasteiger partial charge in [-0.2, -0.15) is 0 Å². The van der Waals surface area contributed by atoms with Crippen molar-refractivity contribution < 1.29 is 4.79 Å². The standard InChI is InChI=1S/C23H43N5O.HI/c1-4-24-22(25-18-23(2,3)28-14-9-6-10-15-28)26-20-13-16-27(17-20)21(29)19-11-7-5-8-12-19;/h19-20H,4-18H2,1-3H3,(H2,24,25,26);1H. The Bertz CT molecular complexity index is 556. The van der Waals surface area contributed by atoms with Gasteiger partial charge in [0.25, 0.3) is 0 Å². The quantitative estimate of drug-likeness (QED) is 0.311. The van der Waals surface area contributed by atoms with Gasteiger partial charge >= 0.3 is 0 Å². The predicted molar refractivity (Wildman–Crippen MR) is 136 cm³/mol. The summed E-state index contributed by atoms with van der Waals surface area (Å²) >= 11 is 0. The minimum absolute atomic E-state index is 0. The van der Waals surface area contributed by atoms with Crippen LogP contribution >= 0.6 is 24.0 Å². The SMILES string of the molecule is CCNC(=NCC(C)(C)N1CCCCC1)NC1CCN(C(=O)C2CCCCC2)C1.I. The summed E-state index contributed by atoms with van der Waals surface area (Å²) in [6, 6.07) is 0.304. The molecule has 0 radical (unpaired) electrons. The molecule has 2 heterocycles. The first-order valence-corrected chi connectivity index (χ1v) is 12.1. The molecule has 1 unspecified atom stereocenters. The second-order valence-electron chi connectivity index (χ2n) is 9.80. The van der Waals surface area contributed by atoms with Crippen LogP contribution in [-0.4, -0.2) is 72.5 Å². The number of hydrogen-bond acceptors (Lipinski definition) is 3. The Morgan fingerprint density at radius 2 is 1.67 bits per heavy atom. The molecular formula is C23H44IN5O. The number of hydrogen-bond donors (Lipinski definition) is 2. The monoisotopic (exact) mass is 533 g/mol. The molecule has 3 aliphatic rings. The molecule has 0 aromatic heterocycles. The molecule has 0 bridgehead atoms. The average molecular weight is 534 g/mol. The summed E-state index contributed by atoms with van der Waals surface area (Å²) in [5.74, 6) is 1.56. The summed E-state index contributed by atoms with van der Waals surface area (Å²) in [6.45, 7) is 12.5. The number of carbonyl (C=O) groups is 1. The van der Waals surface area contributed by atoms with Crippen LogP contribution in [-0.2, 0) is 4.79 Å². The molecule has 6 nitrogen and oxygen atoms in total. The maximum absolute atomic E-state index is 12.8. The third-order valence-electron chi connectivity index (χ3n) is 6.98. The fourth-order valence-corrected chi connectivity index (χ4v) is 5.07. The van der Waals surface area contributed by atoms with Crippen molar-refractivity contribution in [3.63, 3.8) is 0 Å². The Morgan fingerprint density at radius 1 is 1.00 bits per heavy atom. The molecule has 7 heteroatoms. The largest absolute Gasteiger partial charge is 0.357 e. The molecule has 2 N–H and O–H groups in total. The number of carbonyl (C=O) groups excluding carboxylic acids is 1. The van der Waals surface area contributed by atoms with Gasteiger partial charge in [-0.25, -0.2) is 0 Å². The fraction of sp³-hybridized carbons (Fsp3) is 0.913. The molecule has 1 aliphatic carbocycles. The van der Waals surface area contributed by atoms with Crippen LogP contribution in [0.1, 0.15) is 78.6 Å². The maximum atomic E-state index is 12.8. The Kier molecular flexibility index (Phi) is 10.7. The molecule has 1 atom stereocenters. The van der Waals surface area contributed by atoms with Gasteiger partial charge in [0, 0.05) is 37.1 Å². The number of rotatable bonds is 6. The number of piperidine rings is 1. The van der Waals surface area contributed by atoms with E-state index in [1.165, 1.54) is 51.6 Å². The molecule has 174 valence electrons. The molecule has 3 fully saturated rings. The van der Waals surface area contributed by atoms with Crippen molar-refractivity contribution >= 4 is 35.8 Å². The second-order valence-corrected chi connectivity index (χ2v) is 9.80. The van der Waals surface area contributed by atoms with Crippen molar-refractivity contribution in [3.05, 3.63) is 0 Å². The molecule has 2 saturated heterocycles. The van der Waals surface area contributed by atoms with Crippen LogP contribution in [0.2, 0.25) is 0 Å². The lowest BCUT2D eigenvalue weighted by Gasteiger charge is -2.40. The number of aliphatic imine (C=N–C) groups is 1. The zero-order valence-electron chi connectivity index (χ0n) is 19.4. The van der Waals surface area contributed by atoms with Crippen LogP contribution in [0.5, 0.6) is 0 Å². The van der Waals surface area contributed by atoms with E-state index in [1.807, 2.05) is 0 Å². The third kappa shape index (κ3) is 7.24. The highest BCUT2D eigenvalue weighted by Gasteiger charge is 2.32. The van der Waals surface area contributed by atoms with E-state index in [-0.39, 0.29) is 35.4 Å². The fourth-order valence-electron chi connectivity index (χ4n) is 5.07. The average Bonchev–Trinajstić information content (AvgIpc) is 3.21. The van der Waals surface area contributed by atoms with Gasteiger partial charge in [0.2, 0.25) is 5.91 Å². The first-order chi connectivity index (χ1) is 14.0. The summed E-state index contributed by atoms with van der Waals surface area (Å²) in [7, 11) is 0. The van der Waals surface area contributed by atoms with E-state index in [0.29, 0.717) is 11.9 Å². The molecule has 0 aromatic rings. The highest BCUT2D eigenvalue weighted by molar-refractivity contribution is 14.0. The van der Waals surface area contributed by atoms with Crippen molar-refractivity contribution in [1.82, 2.24) is 20.4 Å². The van der Waals surface area contributed by atoms with Gasteiger partial charge in [0.15, 0.2) is 5.96 Å². The Balaban J connectivity index is 0.00000320. The molecule has 1 amide bonds. The minimum Gasteiger partial charge on any atom is -0.357 e. The van der Waals surface area contributed by atoms with Gasteiger partial charge in [0.05, 0.1) is 6.54 Å². The van der Waals surface area contributed by atoms with Crippen LogP contribution in [0.3, 0.4) is 0 Å². The van der Waals surface area contributed by atoms with Crippen LogP contribution in [0, 0.1) is 5.92 Å². The number of nitrogens with zero attached hydrogens (tertiary/aromatic N) is 3. The first kappa shape index (κ1) is 25.7. The zero-order chi connectivity index (χ0) is 20.7. The topological polar surface area (TPSA) is 60.0 Å². The number of halogens is 1. The van der Waals surface area contributed by atoms with Crippen LogP contribution in [0.15, 0.2) is 4.99 Å². The molecule has 30 heavy (non-hydrogen) atoms. The molecule has 2 aliphatic heterocycles. The number of likely N-dealkylation sites (tertiary alicyclic amines) is 2. The van der Waals surface area contributed by atoms with Crippen molar-refractivity contribution in [3.8, 4) is 0 Å². The number of nitrogens with one attached hydrogen (secondary N) is 2. The normalized spacial score (nSPS) is 24.4. The minimum atomic E-state index is 0. The van der Waals surface area contributed by atoms with Gasteiger partial charge in [-0.1, -0.05) is 25.7 Å². The molecule has 0 spiro atoms. The van der Waals surface area contributed by atoms with Gasteiger partial charge in [-0.15, -0.1) is 24.0 Å². The van der Waals surface area contributed by atoms with E-state index in [2.05, 4.69) is 41.2 Å². The van der Waals surface area contributed by atoms with E-state index in [9.17, 15) is 4.79 Å². The number of guanidine groups is 1. The Hall–Kier alpha value is -0.570. The van der Waals surface area contributed by atoms with Gasteiger partial charge < -0.3 is 15.5 Å². The molecule has 1 saturated carbocycles. The zero-order valence-corrected chi connectivity index (χ0v) is 21.7. The van der Waals surface area contributed by atoms with Crippen molar-refractivity contribution in [1.29, 1.82) is 0 Å². The van der Waals surface area contributed by atoms with Crippen molar-refractivity contribution in [2.75, 3.05) is 39.3 Å². The summed E-state index contributed by atoms with van der Waals surface area (Å²) in [5.41, 5.74) is 0.0848. The lowest BCUT2D eigenvalue weighted by Crippen LogP contribution is -2.50. The van der Waals surface area contributed by atoms with E-state index < -0.39 is 0 Å². The Morgan fingerprint density at radius 3 is 2.33 bits per heavy atom. The van der Waals surface area contributed by atoms with Gasteiger partial charge in [-0.3, -0.25) is 14.7 Å².